The number of aromatic nitrogens is 3. The molecule has 1 unspecified atom stereocenters. The Labute approximate surface area is 146 Å². The van der Waals surface area contributed by atoms with Crippen LogP contribution in [0.4, 0.5) is 5.82 Å². The molecule has 7 nitrogen and oxygen atoms in total. The molecule has 1 aliphatic rings. The summed E-state index contributed by atoms with van der Waals surface area (Å²) in [6.07, 6.45) is 4.60. The minimum Gasteiger partial charge on any atom is -0.497 e. The van der Waals surface area contributed by atoms with Crippen LogP contribution in [0.3, 0.4) is 0 Å². The number of nitrogens with two attached hydrogens (primary N) is 1. The Balaban J connectivity index is 1.82. The molecule has 0 saturated carbocycles. The lowest BCUT2D eigenvalue weighted by Gasteiger charge is -2.17. The van der Waals surface area contributed by atoms with Crippen LogP contribution in [-0.2, 0) is 0 Å². The summed E-state index contributed by atoms with van der Waals surface area (Å²) in [5, 5.41) is 4.70. The van der Waals surface area contributed by atoms with Crippen molar-refractivity contribution in [2.75, 3.05) is 32.2 Å². The molecule has 2 aromatic heterocycles. The van der Waals surface area contributed by atoms with Gasteiger partial charge in [-0.2, -0.15) is 5.10 Å². The molecule has 0 aliphatic carbocycles. The maximum atomic E-state index is 6.05. The van der Waals surface area contributed by atoms with Gasteiger partial charge in [0.25, 0.3) is 0 Å². The van der Waals surface area contributed by atoms with Crippen LogP contribution >= 0.6 is 0 Å². The number of fused-ring (bicyclic) bond motifs is 1. The van der Waals surface area contributed by atoms with Gasteiger partial charge in [-0.15, -0.1) is 0 Å². The molecule has 0 spiro atoms. The Morgan fingerprint density at radius 3 is 2.80 bits per heavy atom. The number of nitrogens with zero attached hydrogens (tertiary/aromatic N) is 4. The van der Waals surface area contributed by atoms with Crippen molar-refractivity contribution < 1.29 is 9.47 Å². The van der Waals surface area contributed by atoms with Crippen LogP contribution in [0, 0.1) is 0 Å². The summed E-state index contributed by atoms with van der Waals surface area (Å²) in [6.45, 7) is 1.73. The Morgan fingerprint density at radius 2 is 2.08 bits per heavy atom. The smallest absolute Gasteiger partial charge is 0.154 e. The van der Waals surface area contributed by atoms with E-state index in [0.717, 1.165) is 53.6 Å². The third-order valence-electron chi connectivity index (χ3n) is 4.58. The lowest BCUT2D eigenvalue weighted by Crippen LogP contribution is -2.27. The predicted molar refractivity (Wildman–Crippen MR) is 96.3 cm³/mol. The summed E-state index contributed by atoms with van der Waals surface area (Å²) in [6, 6.07) is 7.92. The third-order valence-corrected chi connectivity index (χ3v) is 4.58. The summed E-state index contributed by atoms with van der Waals surface area (Å²) in [5.41, 5.74) is 8.70. The highest BCUT2D eigenvalue weighted by Gasteiger charge is 2.23. The number of methoxy groups -OCH3 is 2. The Hall–Kier alpha value is -2.80. The third kappa shape index (κ3) is 2.76. The molecule has 0 radical (unpaired) electrons. The fourth-order valence-corrected chi connectivity index (χ4v) is 3.28. The van der Waals surface area contributed by atoms with Crippen molar-refractivity contribution in [1.82, 2.24) is 14.6 Å². The van der Waals surface area contributed by atoms with E-state index in [-0.39, 0.29) is 6.04 Å². The van der Waals surface area contributed by atoms with E-state index in [4.69, 9.17) is 20.3 Å². The van der Waals surface area contributed by atoms with Crippen molar-refractivity contribution in [2.45, 2.75) is 12.5 Å². The highest BCUT2D eigenvalue weighted by Crippen LogP contribution is 2.34. The molecule has 1 saturated heterocycles. The van der Waals surface area contributed by atoms with E-state index in [0.29, 0.717) is 0 Å². The van der Waals surface area contributed by atoms with Gasteiger partial charge in [0.05, 0.1) is 19.9 Å². The van der Waals surface area contributed by atoms with Crippen LogP contribution in [-0.4, -0.2) is 47.9 Å². The number of hydrogen-bond donors (Lipinski definition) is 1. The normalized spacial score (nSPS) is 17.2. The molecule has 7 heteroatoms. The molecule has 2 N–H and O–H groups in total. The van der Waals surface area contributed by atoms with E-state index >= 15 is 0 Å². The van der Waals surface area contributed by atoms with Crippen molar-refractivity contribution in [2.24, 2.45) is 5.73 Å². The first-order valence-electron chi connectivity index (χ1n) is 8.27. The summed E-state index contributed by atoms with van der Waals surface area (Å²) in [7, 11) is 3.30. The topological polar surface area (TPSA) is 77.9 Å². The zero-order valence-corrected chi connectivity index (χ0v) is 14.3. The van der Waals surface area contributed by atoms with Gasteiger partial charge < -0.3 is 20.1 Å². The number of rotatable bonds is 4. The molecular formula is C18H21N5O2. The second-order valence-corrected chi connectivity index (χ2v) is 6.17. The van der Waals surface area contributed by atoms with E-state index < -0.39 is 0 Å². The van der Waals surface area contributed by atoms with Crippen molar-refractivity contribution in [3.05, 3.63) is 36.7 Å². The zero-order chi connectivity index (χ0) is 17.4. The molecule has 130 valence electrons. The lowest BCUT2D eigenvalue weighted by molar-refractivity contribution is 0.404. The summed E-state index contributed by atoms with van der Waals surface area (Å²) >= 11 is 0. The Kier molecular flexibility index (Phi) is 3.93. The fourth-order valence-electron chi connectivity index (χ4n) is 3.28. The number of anilines is 1. The van der Waals surface area contributed by atoms with Crippen molar-refractivity contribution >= 4 is 11.3 Å². The standard InChI is InChI=1S/C18H21N5O2/c1-24-13-3-4-17(25-2)14(9-13)15-10-16-18(20-6-8-23(16)21-15)22-7-5-12(19)11-22/h3-4,6,8-10,12H,5,7,11,19H2,1-2H3. The predicted octanol–water partition coefficient (Wildman–Crippen LogP) is 1.95. The molecule has 3 heterocycles. The number of benzene rings is 1. The van der Waals surface area contributed by atoms with Crippen molar-refractivity contribution in [3.8, 4) is 22.8 Å². The second kappa shape index (κ2) is 6.25. The maximum absolute atomic E-state index is 6.05. The first-order chi connectivity index (χ1) is 12.2. The number of ether oxygens (including phenoxy) is 2. The quantitative estimate of drug-likeness (QED) is 0.783. The van der Waals surface area contributed by atoms with Crippen LogP contribution in [0.1, 0.15) is 6.42 Å². The Bertz CT molecular complexity index is 908. The van der Waals surface area contributed by atoms with Gasteiger partial charge in [-0.05, 0) is 30.7 Å². The van der Waals surface area contributed by atoms with Crippen LogP contribution in [0.5, 0.6) is 11.5 Å². The fraction of sp³-hybridized carbons (Fsp3) is 0.333. The van der Waals surface area contributed by atoms with Crippen LogP contribution in [0.15, 0.2) is 36.7 Å². The van der Waals surface area contributed by atoms with E-state index in [2.05, 4.69) is 9.88 Å². The van der Waals surface area contributed by atoms with Gasteiger partial charge in [0.1, 0.15) is 17.0 Å². The zero-order valence-electron chi connectivity index (χ0n) is 14.3. The maximum Gasteiger partial charge on any atom is 0.154 e. The highest BCUT2D eigenvalue weighted by molar-refractivity contribution is 5.78. The highest BCUT2D eigenvalue weighted by atomic mass is 16.5. The molecule has 0 bridgehead atoms. The molecule has 1 aliphatic heterocycles. The van der Waals surface area contributed by atoms with E-state index in [1.807, 2.05) is 35.0 Å². The van der Waals surface area contributed by atoms with Crippen molar-refractivity contribution in [1.29, 1.82) is 0 Å². The van der Waals surface area contributed by atoms with Crippen molar-refractivity contribution in [3.63, 3.8) is 0 Å². The first kappa shape index (κ1) is 15.7. The van der Waals surface area contributed by atoms with Gasteiger partial charge in [0.15, 0.2) is 5.82 Å². The SMILES string of the molecule is COc1ccc(OC)c(-c2cc3c(N4CCC(N)C4)nccn3n2)c1. The van der Waals surface area contributed by atoms with Gasteiger partial charge in [-0.1, -0.05) is 0 Å². The monoisotopic (exact) mass is 339 g/mol. The molecule has 25 heavy (non-hydrogen) atoms. The van der Waals surface area contributed by atoms with Crippen LogP contribution in [0.25, 0.3) is 16.8 Å². The summed E-state index contributed by atoms with van der Waals surface area (Å²) in [5.74, 6) is 2.43. The molecule has 1 fully saturated rings. The first-order valence-corrected chi connectivity index (χ1v) is 8.27. The van der Waals surface area contributed by atoms with E-state index in [9.17, 15) is 0 Å². The summed E-state index contributed by atoms with van der Waals surface area (Å²) in [4.78, 5) is 6.78. The summed E-state index contributed by atoms with van der Waals surface area (Å²) < 4.78 is 12.7. The molecular weight excluding hydrogens is 318 g/mol. The largest absolute Gasteiger partial charge is 0.497 e. The number of hydrogen-bond acceptors (Lipinski definition) is 6. The van der Waals surface area contributed by atoms with Gasteiger partial charge in [-0.3, -0.25) is 0 Å². The second-order valence-electron chi connectivity index (χ2n) is 6.17. The Morgan fingerprint density at radius 1 is 1.20 bits per heavy atom. The molecule has 3 aromatic rings. The molecule has 4 rings (SSSR count). The van der Waals surface area contributed by atoms with E-state index in [1.54, 1.807) is 20.4 Å². The van der Waals surface area contributed by atoms with Gasteiger partial charge >= 0.3 is 0 Å². The molecule has 0 amide bonds. The lowest BCUT2D eigenvalue weighted by atomic mass is 10.1. The van der Waals surface area contributed by atoms with Crippen LogP contribution in [0.2, 0.25) is 0 Å². The molecule has 1 aromatic carbocycles. The molecule has 1 atom stereocenters. The van der Waals surface area contributed by atoms with Gasteiger partial charge in [0.2, 0.25) is 0 Å². The van der Waals surface area contributed by atoms with Gasteiger partial charge in [-0.25, -0.2) is 9.50 Å². The minimum absolute atomic E-state index is 0.197. The average molecular weight is 339 g/mol. The average Bonchev–Trinajstić information content (AvgIpc) is 3.26. The van der Waals surface area contributed by atoms with E-state index in [1.165, 1.54) is 0 Å². The minimum atomic E-state index is 0.197. The van der Waals surface area contributed by atoms with Gasteiger partial charge in [0, 0.05) is 37.1 Å². The van der Waals surface area contributed by atoms with Crippen LogP contribution < -0.4 is 20.1 Å².